The highest BCUT2D eigenvalue weighted by Gasteiger charge is 2.15. The summed E-state index contributed by atoms with van der Waals surface area (Å²) in [7, 11) is 0. The van der Waals surface area contributed by atoms with Gasteiger partial charge in [-0.05, 0) is 44.3 Å². The topological polar surface area (TPSA) is 61.0 Å². The maximum Gasteiger partial charge on any atom is 0.252 e. The van der Waals surface area contributed by atoms with Crippen molar-refractivity contribution in [2.24, 2.45) is 0 Å². The summed E-state index contributed by atoms with van der Waals surface area (Å²) in [6.07, 6.45) is -0.0166. The van der Waals surface area contributed by atoms with Gasteiger partial charge in [-0.15, -0.1) is 0 Å². The SMILES string of the molecule is CCN(CC)C(C)NC(=O)c1ccc(-c2nc3cc(Cl)c(Cl)cc3[nH]2)cc1. The van der Waals surface area contributed by atoms with Gasteiger partial charge in [-0.25, -0.2) is 4.98 Å². The van der Waals surface area contributed by atoms with Gasteiger partial charge in [-0.1, -0.05) is 49.2 Å². The Morgan fingerprint density at radius 3 is 2.41 bits per heavy atom. The average molecular weight is 405 g/mol. The van der Waals surface area contributed by atoms with Crippen molar-refractivity contribution in [2.45, 2.75) is 26.9 Å². The molecule has 2 aromatic carbocycles. The van der Waals surface area contributed by atoms with Crippen LogP contribution >= 0.6 is 23.2 Å². The van der Waals surface area contributed by atoms with E-state index >= 15 is 0 Å². The highest BCUT2D eigenvalue weighted by Crippen LogP contribution is 2.28. The van der Waals surface area contributed by atoms with Crippen LogP contribution in [0.25, 0.3) is 22.4 Å². The van der Waals surface area contributed by atoms with Crippen LogP contribution in [0.4, 0.5) is 0 Å². The minimum Gasteiger partial charge on any atom is -0.338 e. The smallest absolute Gasteiger partial charge is 0.252 e. The van der Waals surface area contributed by atoms with Crippen LogP contribution in [0.1, 0.15) is 31.1 Å². The molecule has 1 unspecified atom stereocenters. The molecule has 5 nitrogen and oxygen atoms in total. The molecule has 0 saturated heterocycles. The first-order valence-corrected chi connectivity index (χ1v) is 9.68. The number of halogens is 2. The Kier molecular flexibility index (Phi) is 6.05. The predicted molar refractivity (Wildman–Crippen MR) is 111 cm³/mol. The van der Waals surface area contributed by atoms with Crippen molar-refractivity contribution in [2.75, 3.05) is 13.1 Å². The van der Waals surface area contributed by atoms with E-state index in [0.29, 0.717) is 21.4 Å². The second kappa shape index (κ2) is 8.30. The number of aromatic nitrogens is 2. The fourth-order valence-electron chi connectivity index (χ4n) is 3.06. The van der Waals surface area contributed by atoms with Crippen LogP contribution < -0.4 is 5.32 Å². The average Bonchev–Trinajstić information content (AvgIpc) is 3.06. The highest BCUT2D eigenvalue weighted by molar-refractivity contribution is 6.42. The largest absolute Gasteiger partial charge is 0.338 e. The summed E-state index contributed by atoms with van der Waals surface area (Å²) in [5, 5.41) is 3.97. The Bertz CT molecular complexity index is 910. The number of benzene rings is 2. The summed E-state index contributed by atoms with van der Waals surface area (Å²) in [4.78, 5) is 22.4. The number of nitrogens with zero attached hydrogens (tertiary/aromatic N) is 2. The Labute approximate surface area is 168 Å². The summed E-state index contributed by atoms with van der Waals surface area (Å²) in [6.45, 7) is 7.92. The molecule has 1 heterocycles. The summed E-state index contributed by atoms with van der Waals surface area (Å²) >= 11 is 12.1. The lowest BCUT2D eigenvalue weighted by Crippen LogP contribution is -2.46. The fourth-order valence-corrected chi connectivity index (χ4v) is 3.38. The minimum absolute atomic E-state index is 0.0166. The molecule has 0 spiro atoms. The zero-order chi connectivity index (χ0) is 19.6. The van der Waals surface area contributed by atoms with E-state index in [1.807, 2.05) is 19.1 Å². The van der Waals surface area contributed by atoms with Crippen molar-refractivity contribution in [3.05, 3.63) is 52.0 Å². The first-order valence-electron chi connectivity index (χ1n) is 8.93. The van der Waals surface area contributed by atoms with Crippen LogP contribution in [0, 0.1) is 0 Å². The van der Waals surface area contributed by atoms with E-state index < -0.39 is 0 Å². The summed E-state index contributed by atoms with van der Waals surface area (Å²) in [6, 6.07) is 10.8. The molecule has 0 aliphatic heterocycles. The molecule has 3 aromatic rings. The minimum atomic E-state index is -0.0934. The van der Waals surface area contributed by atoms with Crippen LogP contribution in [0.15, 0.2) is 36.4 Å². The van der Waals surface area contributed by atoms with Gasteiger partial charge in [0.25, 0.3) is 5.91 Å². The quantitative estimate of drug-likeness (QED) is 0.571. The standard InChI is InChI=1S/C20H22Cl2N4O/c1-4-26(5-2)12(3)23-20(27)14-8-6-13(7-9-14)19-24-17-10-15(21)16(22)11-18(17)25-19/h6-12H,4-5H2,1-3H3,(H,23,27)(H,24,25). The van der Waals surface area contributed by atoms with Gasteiger partial charge in [0.05, 0.1) is 27.2 Å². The van der Waals surface area contributed by atoms with Gasteiger partial charge in [-0.2, -0.15) is 0 Å². The number of hydrogen-bond donors (Lipinski definition) is 2. The maximum atomic E-state index is 12.5. The lowest BCUT2D eigenvalue weighted by atomic mass is 10.1. The van der Waals surface area contributed by atoms with E-state index in [9.17, 15) is 4.79 Å². The molecule has 0 aliphatic rings. The number of carbonyl (C=O) groups is 1. The molecule has 0 radical (unpaired) electrons. The van der Waals surface area contributed by atoms with E-state index in [1.54, 1.807) is 24.3 Å². The van der Waals surface area contributed by atoms with Crippen molar-refractivity contribution >= 4 is 40.1 Å². The van der Waals surface area contributed by atoms with E-state index in [1.165, 1.54) is 0 Å². The number of rotatable bonds is 6. The zero-order valence-corrected chi connectivity index (χ0v) is 17.0. The lowest BCUT2D eigenvalue weighted by molar-refractivity contribution is 0.0875. The maximum absolute atomic E-state index is 12.5. The number of carbonyl (C=O) groups excluding carboxylic acids is 1. The molecule has 0 saturated carbocycles. The van der Waals surface area contributed by atoms with E-state index in [4.69, 9.17) is 23.2 Å². The molecule has 1 amide bonds. The van der Waals surface area contributed by atoms with Gasteiger partial charge in [0.2, 0.25) is 0 Å². The Morgan fingerprint density at radius 1 is 1.15 bits per heavy atom. The molecule has 2 N–H and O–H groups in total. The third-order valence-corrected chi connectivity index (χ3v) is 5.37. The molecule has 0 aliphatic carbocycles. The van der Waals surface area contributed by atoms with Crippen molar-refractivity contribution in [1.29, 1.82) is 0 Å². The molecule has 3 rings (SSSR count). The molecule has 27 heavy (non-hydrogen) atoms. The summed E-state index contributed by atoms with van der Waals surface area (Å²) in [5.41, 5.74) is 3.05. The molecular weight excluding hydrogens is 383 g/mol. The third kappa shape index (κ3) is 4.26. The van der Waals surface area contributed by atoms with E-state index in [0.717, 1.165) is 29.7 Å². The molecular formula is C20H22Cl2N4O. The molecule has 0 bridgehead atoms. The van der Waals surface area contributed by atoms with Crippen molar-refractivity contribution < 1.29 is 4.79 Å². The monoisotopic (exact) mass is 404 g/mol. The fraction of sp³-hybridized carbons (Fsp3) is 0.300. The van der Waals surface area contributed by atoms with Crippen molar-refractivity contribution in [1.82, 2.24) is 20.2 Å². The Morgan fingerprint density at radius 2 is 1.78 bits per heavy atom. The number of aromatic amines is 1. The molecule has 0 fully saturated rings. The first kappa shape index (κ1) is 19.7. The van der Waals surface area contributed by atoms with Gasteiger partial charge >= 0.3 is 0 Å². The van der Waals surface area contributed by atoms with Crippen LogP contribution in [0.3, 0.4) is 0 Å². The molecule has 1 atom stereocenters. The second-order valence-electron chi connectivity index (χ2n) is 6.32. The van der Waals surface area contributed by atoms with Crippen LogP contribution in [-0.2, 0) is 0 Å². The van der Waals surface area contributed by atoms with Gasteiger partial charge < -0.3 is 10.3 Å². The number of imidazole rings is 1. The first-order chi connectivity index (χ1) is 12.9. The third-order valence-electron chi connectivity index (χ3n) is 4.64. The van der Waals surface area contributed by atoms with Gasteiger partial charge in [0.15, 0.2) is 0 Å². The number of fused-ring (bicyclic) bond motifs is 1. The van der Waals surface area contributed by atoms with Crippen LogP contribution in [0.5, 0.6) is 0 Å². The molecule has 7 heteroatoms. The second-order valence-corrected chi connectivity index (χ2v) is 7.13. The van der Waals surface area contributed by atoms with Crippen LogP contribution in [-0.4, -0.2) is 40.0 Å². The number of H-pyrrole nitrogens is 1. The normalized spacial score (nSPS) is 12.5. The summed E-state index contributed by atoms with van der Waals surface area (Å²) in [5.74, 6) is 0.607. The summed E-state index contributed by atoms with van der Waals surface area (Å²) < 4.78 is 0. The predicted octanol–water partition coefficient (Wildman–Crippen LogP) is 4.95. The lowest BCUT2D eigenvalue weighted by Gasteiger charge is -2.27. The van der Waals surface area contributed by atoms with Crippen LogP contribution in [0.2, 0.25) is 10.0 Å². The Hall–Kier alpha value is -2.08. The Balaban J connectivity index is 1.78. The number of amides is 1. The van der Waals surface area contributed by atoms with Crippen molar-refractivity contribution in [3.63, 3.8) is 0 Å². The van der Waals surface area contributed by atoms with Crippen molar-refractivity contribution in [3.8, 4) is 11.4 Å². The molecule has 142 valence electrons. The van der Waals surface area contributed by atoms with Gasteiger partial charge in [-0.3, -0.25) is 9.69 Å². The van der Waals surface area contributed by atoms with E-state index in [2.05, 4.69) is 34.0 Å². The number of nitrogens with one attached hydrogen (secondary N) is 2. The van der Waals surface area contributed by atoms with E-state index in [-0.39, 0.29) is 12.1 Å². The number of hydrogen-bond acceptors (Lipinski definition) is 3. The molecule has 1 aromatic heterocycles. The van der Waals surface area contributed by atoms with Gasteiger partial charge in [0, 0.05) is 11.1 Å². The highest BCUT2D eigenvalue weighted by atomic mass is 35.5. The zero-order valence-electron chi connectivity index (χ0n) is 15.5. The van der Waals surface area contributed by atoms with Gasteiger partial charge in [0.1, 0.15) is 5.82 Å².